The highest BCUT2D eigenvalue weighted by atomic mass is 32.2. The molecule has 0 radical (unpaired) electrons. The summed E-state index contributed by atoms with van der Waals surface area (Å²) in [4.78, 5) is 12.4. The summed E-state index contributed by atoms with van der Waals surface area (Å²) in [5.41, 5.74) is 3.37. The molecule has 25 heavy (non-hydrogen) atoms. The Hall–Kier alpha value is -2.38. The normalized spacial score (nSPS) is 11.8. The summed E-state index contributed by atoms with van der Waals surface area (Å²) in [7, 11) is -1.88. The monoisotopic (exact) mass is 361 g/mol. The number of hydrazine groups is 1. The fourth-order valence-electron chi connectivity index (χ4n) is 2.18. The predicted octanol–water partition coefficient (Wildman–Crippen LogP) is 2.54. The smallest absolute Gasteiger partial charge is 0.269 e. The first kappa shape index (κ1) is 19.0. The molecule has 0 unspecified atom stereocenters. The van der Waals surface area contributed by atoms with Gasteiger partial charge in [-0.3, -0.25) is 15.2 Å². The number of sulfonamides is 1. The molecule has 0 saturated heterocycles. The van der Waals surface area contributed by atoms with Gasteiger partial charge < -0.3 is 0 Å². The molecule has 2 N–H and O–H groups in total. The molecule has 0 atom stereocenters. The number of amides is 1. The van der Waals surface area contributed by atoms with Crippen LogP contribution in [0.3, 0.4) is 0 Å². The van der Waals surface area contributed by atoms with Crippen LogP contribution in [0.15, 0.2) is 59.5 Å². The zero-order chi connectivity index (χ0) is 18.7. The third-order valence-corrected chi connectivity index (χ3v) is 5.05. The molecule has 0 fully saturated rings. The van der Waals surface area contributed by atoms with Gasteiger partial charge in [-0.15, -0.1) is 0 Å². The minimum atomic E-state index is -3.62. The topological polar surface area (TPSA) is 78.5 Å². The van der Waals surface area contributed by atoms with Gasteiger partial charge in [-0.25, -0.2) is 13.1 Å². The van der Waals surface area contributed by atoms with E-state index in [1.165, 1.54) is 24.3 Å². The van der Waals surface area contributed by atoms with Crippen LogP contribution in [0.1, 0.15) is 31.1 Å². The van der Waals surface area contributed by atoms with E-state index >= 15 is 0 Å². The van der Waals surface area contributed by atoms with Crippen LogP contribution in [0.2, 0.25) is 0 Å². The van der Waals surface area contributed by atoms with Crippen LogP contribution >= 0.6 is 0 Å². The van der Waals surface area contributed by atoms with Crippen LogP contribution in [0.5, 0.6) is 0 Å². The summed E-state index contributed by atoms with van der Waals surface area (Å²) in [5.74, 6) is -0.320. The third kappa shape index (κ3) is 5.30. The molecule has 0 spiro atoms. The molecule has 0 bridgehead atoms. The molecule has 0 aliphatic rings. The highest BCUT2D eigenvalue weighted by Crippen LogP contribution is 2.14. The Morgan fingerprint density at radius 1 is 0.960 bits per heavy atom. The first-order chi connectivity index (χ1) is 11.6. The van der Waals surface area contributed by atoms with Gasteiger partial charge in [0.1, 0.15) is 0 Å². The van der Waals surface area contributed by atoms with E-state index in [1.807, 2.05) is 30.3 Å². The largest absolute Gasteiger partial charge is 0.288 e. The second-order valence-electron chi connectivity index (χ2n) is 6.72. The van der Waals surface area contributed by atoms with E-state index in [0.717, 1.165) is 5.69 Å². The van der Waals surface area contributed by atoms with Crippen molar-refractivity contribution in [2.24, 2.45) is 0 Å². The van der Waals surface area contributed by atoms with Crippen molar-refractivity contribution in [3.8, 4) is 0 Å². The summed E-state index contributed by atoms with van der Waals surface area (Å²) in [5, 5.41) is 1.61. The molecule has 0 aromatic heterocycles. The number of anilines is 1. The second kappa shape index (κ2) is 7.25. The number of hydrogen-bond donors (Lipinski definition) is 2. The molecule has 0 saturated carbocycles. The van der Waals surface area contributed by atoms with Crippen LogP contribution in [0.25, 0.3) is 0 Å². The molecular weight excluding hydrogens is 338 g/mol. The predicted molar refractivity (Wildman–Crippen MR) is 98.8 cm³/mol. The van der Waals surface area contributed by atoms with Crippen LogP contribution in [-0.2, 0) is 10.0 Å². The van der Waals surface area contributed by atoms with Gasteiger partial charge in [0.25, 0.3) is 5.91 Å². The summed E-state index contributed by atoms with van der Waals surface area (Å²) in [6.45, 7) is 5.31. The lowest BCUT2D eigenvalue weighted by atomic mass is 10.1. The Labute approximate surface area is 148 Å². The van der Waals surface area contributed by atoms with E-state index in [-0.39, 0.29) is 10.8 Å². The number of nitrogens with one attached hydrogen (secondary N) is 2. The lowest BCUT2D eigenvalue weighted by Crippen LogP contribution is -2.40. The number of para-hydroxylation sites is 1. The van der Waals surface area contributed by atoms with Crippen molar-refractivity contribution in [1.29, 1.82) is 0 Å². The lowest BCUT2D eigenvalue weighted by Gasteiger charge is -2.21. The molecule has 0 aliphatic heterocycles. The fraction of sp³-hybridized carbons (Fsp3) is 0.278. The van der Waals surface area contributed by atoms with Crippen LogP contribution in [-0.4, -0.2) is 26.9 Å². The highest BCUT2D eigenvalue weighted by Gasteiger charge is 2.22. The molecular formula is C18H23N3O3S. The summed E-state index contributed by atoms with van der Waals surface area (Å²) < 4.78 is 27.1. The maximum absolute atomic E-state index is 12.3. The molecule has 7 heteroatoms. The molecule has 2 rings (SSSR count). The highest BCUT2D eigenvalue weighted by molar-refractivity contribution is 7.89. The van der Waals surface area contributed by atoms with Gasteiger partial charge in [-0.2, -0.15) is 0 Å². The standard InChI is InChI=1S/C18H23N3O3S/c1-18(2,3)20-25(23,24)16-12-10-14(11-13-16)17(22)19-21(4)15-8-6-5-7-9-15/h5-13,20H,1-4H3,(H,19,22). The fourth-order valence-corrected chi connectivity index (χ4v) is 3.60. The van der Waals surface area contributed by atoms with Crippen molar-refractivity contribution in [3.63, 3.8) is 0 Å². The maximum atomic E-state index is 12.3. The number of carbonyl (C=O) groups excluding carboxylic acids is 1. The van der Waals surface area contributed by atoms with Gasteiger partial charge in [0.2, 0.25) is 10.0 Å². The number of hydrogen-bond acceptors (Lipinski definition) is 4. The third-order valence-electron chi connectivity index (χ3n) is 3.28. The first-order valence-corrected chi connectivity index (χ1v) is 9.31. The zero-order valence-corrected chi connectivity index (χ0v) is 15.6. The minimum Gasteiger partial charge on any atom is -0.288 e. The Kier molecular flexibility index (Phi) is 5.49. The van der Waals surface area contributed by atoms with Gasteiger partial charge in [0, 0.05) is 18.2 Å². The Morgan fingerprint density at radius 3 is 2.04 bits per heavy atom. The van der Waals surface area contributed by atoms with Crippen molar-refractivity contribution in [1.82, 2.24) is 10.1 Å². The van der Waals surface area contributed by atoms with Gasteiger partial charge in [-0.1, -0.05) is 18.2 Å². The first-order valence-electron chi connectivity index (χ1n) is 7.82. The van der Waals surface area contributed by atoms with E-state index in [1.54, 1.807) is 32.8 Å². The van der Waals surface area contributed by atoms with Gasteiger partial charge in [-0.05, 0) is 57.2 Å². The zero-order valence-electron chi connectivity index (χ0n) is 14.8. The van der Waals surface area contributed by atoms with Crippen LogP contribution < -0.4 is 15.2 Å². The van der Waals surface area contributed by atoms with Crippen molar-refractivity contribution >= 4 is 21.6 Å². The molecule has 0 aliphatic carbocycles. The maximum Gasteiger partial charge on any atom is 0.269 e. The summed E-state index contributed by atoms with van der Waals surface area (Å²) in [6.07, 6.45) is 0. The van der Waals surface area contributed by atoms with Crippen molar-refractivity contribution in [2.75, 3.05) is 12.1 Å². The minimum absolute atomic E-state index is 0.121. The molecule has 1 amide bonds. The average molecular weight is 361 g/mol. The van der Waals surface area contributed by atoms with Crippen molar-refractivity contribution in [2.45, 2.75) is 31.2 Å². The lowest BCUT2D eigenvalue weighted by molar-refractivity contribution is 0.0951. The Balaban J connectivity index is 2.10. The van der Waals surface area contributed by atoms with Gasteiger partial charge >= 0.3 is 0 Å². The quantitative estimate of drug-likeness (QED) is 0.802. The van der Waals surface area contributed by atoms with Crippen LogP contribution in [0, 0.1) is 0 Å². The van der Waals surface area contributed by atoms with E-state index in [4.69, 9.17) is 0 Å². The second-order valence-corrected chi connectivity index (χ2v) is 8.40. The number of rotatable bonds is 5. The molecule has 134 valence electrons. The average Bonchev–Trinajstić information content (AvgIpc) is 2.53. The molecule has 6 nitrogen and oxygen atoms in total. The number of benzene rings is 2. The Bertz CT molecular complexity index is 826. The summed E-state index contributed by atoms with van der Waals surface area (Å²) in [6, 6.07) is 15.2. The molecule has 2 aromatic rings. The summed E-state index contributed by atoms with van der Waals surface area (Å²) >= 11 is 0. The van der Waals surface area contributed by atoms with Crippen molar-refractivity contribution in [3.05, 3.63) is 60.2 Å². The van der Waals surface area contributed by atoms with Gasteiger partial charge in [0.15, 0.2) is 0 Å². The molecule has 2 aromatic carbocycles. The van der Waals surface area contributed by atoms with Gasteiger partial charge in [0.05, 0.1) is 10.6 Å². The van der Waals surface area contributed by atoms with Crippen molar-refractivity contribution < 1.29 is 13.2 Å². The number of nitrogens with zero attached hydrogens (tertiary/aromatic N) is 1. The van der Waals surface area contributed by atoms with E-state index in [9.17, 15) is 13.2 Å². The van der Waals surface area contributed by atoms with E-state index in [2.05, 4.69) is 10.1 Å². The van der Waals surface area contributed by atoms with E-state index < -0.39 is 15.6 Å². The van der Waals surface area contributed by atoms with E-state index in [0.29, 0.717) is 5.56 Å². The molecule has 0 heterocycles. The SMILES string of the molecule is CN(NC(=O)c1ccc(S(=O)(=O)NC(C)(C)C)cc1)c1ccccc1. The Morgan fingerprint density at radius 2 is 1.52 bits per heavy atom. The number of carbonyl (C=O) groups is 1. The van der Waals surface area contributed by atoms with Crippen LogP contribution in [0.4, 0.5) is 5.69 Å².